The lowest BCUT2D eigenvalue weighted by Crippen LogP contribution is -2.32. The lowest BCUT2D eigenvalue weighted by atomic mass is 10.1. The van der Waals surface area contributed by atoms with Crippen LogP contribution in [0.1, 0.15) is 33.3 Å². The Morgan fingerprint density at radius 3 is 2.69 bits per heavy atom. The van der Waals surface area contributed by atoms with Gasteiger partial charge in [0.25, 0.3) is 0 Å². The number of nitrogens with two attached hydrogens (primary N) is 1. The van der Waals surface area contributed by atoms with Crippen LogP contribution in [0.4, 0.5) is 10.7 Å². The number of amides is 1. The zero-order valence-electron chi connectivity index (χ0n) is 16.4. The highest BCUT2D eigenvalue weighted by atomic mass is 32.2. The molecule has 0 bridgehead atoms. The Kier molecular flexibility index (Phi) is 5.97. The molecule has 0 saturated heterocycles. The zero-order chi connectivity index (χ0) is 21.3. The number of hydrogen-bond acceptors (Lipinski definition) is 7. The van der Waals surface area contributed by atoms with Crippen LogP contribution in [0.15, 0.2) is 23.1 Å². The highest BCUT2D eigenvalue weighted by Crippen LogP contribution is 2.34. The van der Waals surface area contributed by atoms with E-state index in [0.717, 1.165) is 21.7 Å². The van der Waals surface area contributed by atoms with E-state index in [1.54, 1.807) is 19.1 Å². The fourth-order valence-corrected chi connectivity index (χ4v) is 4.92. The number of fused-ring (bicyclic) bond motifs is 1. The Labute approximate surface area is 173 Å². The number of ether oxygens (including phenoxy) is 1. The molecule has 3 rings (SSSR count). The highest BCUT2D eigenvalue weighted by Gasteiger charge is 2.25. The number of nitrogens with one attached hydrogen (secondary N) is 1. The van der Waals surface area contributed by atoms with Gasteiger partial charge in [0.15, 0.2) is 0 Å². The molecule has 1 amide bonds. The van der Waals surface area contributed by atoms with E-state index in [4.69, 9.17) is 9.88 Å². The van der Waals surface area contributed by atoms with E-state index in [-0.39, 0.29) is 24.0 Å². The molecule has 3 N–H and O–H groups in total. The molecule has 0 spiro atoms. The molecule has 2 heterocycles. The van der Waals surface area contributed by atoms with E-state index in [1.807, 2.05) is 18.7 Å². The standard InChI is InChI=1S/C19H23N3O5S2/c1-4-27-19(24)17-11(2)12(3)28-18(17)21-16(23)10-22-8-7-13-9-14(29(20,25)26)5-6-15(13)22/h5-6,9H,4,7-8,10H2,1-3H3,(H,21,23)(H2,20,25,26). The zero-order valence-corrected chi connectivity index (χ0v) is 18.1. The Morgan fingerprint density at radius 2 is 2.03 bits per heavy atom. The van der Waals surface area contributed by atoms with Crippen molar-refractivity contribution in [1.29, 1.82) is 0 Å². The molecule has 0 radical (unpaired) electrons. The molecule has 1 aliphatic heterocycles. The monoisotopic (exact) mass is 437 g/mol. The number of aryl methyl sites for hydroxylation is 1. The van der Waals surface area contributed by atoms with Crippen molar-refractivity contribution in [3.63, 3.8) is 0 Å². The number of esters is 1. The van der Waals surface area contributed by atoms with E-state index in [1.165, 1.54) is 17.4 Å². The van der Waals surface area contributed by atoms with Gasteiger partial charge >= 0.3 is 5.97 Å². The highest BCUT2D eigenvalue weighted by molar-refractivity contribution is 7.89. The summed E-state index contributed by atoms with van der Waals surface area (Å²) in [6, 6.07) is 4.65. The first-order chi connectivity index (χ1) is 13.6. The molecule has 10 heteroatoms. The largest absolute Gasteiger partial charge is 0.462 e. The summed E-state index contributed by atoms with van der Waals surface area (Å²) in [4.78, 5) is 27.8. The fourth-order valence-electron chi connectivity index (χ4n) is 3.29. The van der Waals surface area contributed by atoms with Gasteiger partial charge < -0.3 is 15.0 Å². The van der Waals surface area contributed by atoms with Gasteiger partial charge in [-0.1, -0.05) is 0 Å². The molecule has 1 aromatic heterocycles. The summed E-state index contributed by atoms with van der Waals surface area (Å²) in [5.41, 5.74) is 2.82. The Hall–Kier alpha value is -2.43. The van der Waals surface area contributed by atoms with Crippen LogP contribution in [0.5, 0.6) is 0 Å². The number of carbonyl (C=O) groups excluding carboxylic acids is 2. The lowest BCUT2D eigenvalue weighted by molar-refractivity contribution is -0.114. The first kappa shape index (κ1) is 21.3. The summed E-state index contributed by atoms with van der Waals surface area (Å²) in [5.74, 6) is -0.716. The van der Waals surface area contributed by atoms with Crippen molar-refractivity contribution in [2.24, 2.45) is 5.14 Å². The number of anilines is 2. The van der Waals surface area contributed by atoms with Gasteiger partial charge in [-0.3, -0.25) is 4.79 Å². The smallest absolute Gasteiger partial charge is 0.341 e. The summed E-state index contributed by atoms with van der Waals surface area (Å²) in [6.07, 6.45) is 0.622. The molecule has 0 aliphatic carbocycles. The number of thiophene rings is 1. The molecule has 1 aromatic carbocycles. The van der Waals surface area contributed by atoms with Gasteiger partial charge in [-0.15, -0.1) is 11.3 Å². The van der Waals surface area contributed by atoms with Crippen LogP contribution in [-0.2, 0) is 26.0 Å². The summed E-state index contributed by atoms with van der Waals surface area (Å²) in [5, 5.41) is 8.49. The van der Waals surface area contributed by atoms with Gasteiger partial charge in [-0.2, -0.15) is 0 Å². The molecule has 0 fully saturated rings. The van der Waals surface area contributed by atoms with Crippen LogP contribution in [0, 0.1) is 13.8 Å². The summed E-state index contributed by atoms with van der Waals surface area (Å²) in [7, 11) is -3.77. The molecular weight excluding hydrogens is 414 g/mol. The average Bonchev–Trinajstić information content (AvgIpc) is 3.15. The van der Waals surface area contributed by atoms with E-state index in [2.05, 4.69) is 5.32 Å². The minimum absolute atomic E-state index is 0.0613. The SMILES string of the molecule is CCOC(=O)c1c(NC(=O)CN2CCc3cc(S(N)(=O)=O)ccc32)sc(C)c1C. The fraction of sp³-hybridized carbons (Fsp3) is 0.368. The first-order valence-electron chi connectivity index (χ1n) is 9.09. The van der Waals surface area contributed by atoms with Crippen LogP contribution >= 0.6 is 11.3 Å². The van der Waals surface area contributed by atoms with E-state index < -0.39 is 16.0 Å². The second-order valence-electron chi connectivity index (χ2n) is 6.76. The number of hydrogen-bond donors (Lipinski definition) is 2. The Balaban J connectivity index is 1.76. The lowest BCUT2D eigenvalue weighted by Gasteiger charge is -2.19. The van der Waals surface area contributed by atoms with Gasteiger partial charge in [0.1, 0.15) is 5.00 Å². The number of rotatable bonds is 6. The molecule has 0 atom stereocenters. The van der Waals surface area contributed by atoms with Gasteiger partial charge in [0.05, 0.1) is 23.6 Å². The van der Waals surface area contributed by atoms with Crippen molar-refractivity contribution < 1.29 is 22.7 Å². The molecule has 8 nitrogen and oxygen atoms in total. The number of sulfonamides is 1. The maximum absolute atomic E-state index is 12.6. The van der Waals surface area contributed by atoms with Crippen LogP contribution in [0.25, 0.3) is 0 Å². The second-order valence-corrected chi connectivity index (χ2v) is 9.55. The van der Waals surface area contributed by atoms with Gasteiger partial charge in [-0.05, 0) is 56.5 Å². The van der Waals surface area contributed by atoms with Gasteiger partial charge in [-0.25, -0.2) is 18.4 Å². The number of nitrogens with zero attached hydrogens (tertiary/aromatic N) is 1. The summed E-state index contributed by atoms with van der Waals surface area (Å²) >= 11 is 1.34. The number of benzene rings is 1. The predicted octanol–water partition coefficient (Wildman–Crippen LogP) is 2.19. The van der Waals surface area contributed by atoms with Gasteiger partial charge in [0, 0.05) is 17.1 Å². The molecule has 2 aromatic rings. The predicted molar refractivity (Wildman–Crippen MR) is 112 cm³/mol. The molecule has 1 aliphatic rings. The molecule has 0 saturated carbocycles. The van der Waals surface area contributed by atoms with Crippen molar-refractivity contribution in [3.05, 3.63) is 39.8 Å². The quantitative estimate of drug-likeness (QED) is 0.669. The van der Waals surface area contributed by atoms with Crippen molar-refractivity contribution >= 4 is 43.9 Å². The van der Waals surface area contributed by atoms with E-state index in [9.17, 15) is 18.0 Å². The third-order valence-electron chi connectivity index (χ3n) is 4.82. The summed E-state index contributed by atoms with van der Waals surface area (Å²) in [6.45, 7) is 6.37. The third-order valence-corrected chi connectivity index (χ3v) is 6.86. The van der Waals surface area contributed by atoms with Crippen LogP contribution in [0.2, 0.25) is 0 Å². The van der Waals surface area contributed by atoms with E-state index >= 15 is 0 Å². The van der Waals surface area contributed by atoms with E-state index in [0.29, 0.717) is 23.5 Å². The molecular formula is C19H23N3O5S2. The average molecular weight is 438 g/mol. The minimum Gasteiger partial charge on any atom is -0.462 e. The molecule has 29 heavy (non-hydrogen) atoms. The minimum atomic E-state index is -3.77. The molecule has 156 valence electrons. The maximum atomic E-state index is 12.6. The van der Waals surface area contributed by atoms with Crippen molar-refractivity contribution in [2.45, 2.75) is 32.1 Å². The maximum Gasteiger partial charge on any atom is 0.341 e. The third kappa shape index (κ3) is 4.44. The number of carbonyl (C=O) groups is 2. The number of primary sulfonamides is 1. The van der Waals surface area contributed by atoms with Crippen molar-refractivity contribution in [3.8, 4) is 0 Å². The second kappa shape index (κ2) is 8.13. The molecule has 0 unspecified atom stereocenters. The van der Waals surface area contributed by atoms with Gasteiger partial charge in [0.2, 0.25) is 15.9 Å². The van der Waals surface area contributed by atoms with Crippen LogP contribution in [0.3, 0.4) is 0 Å². The summed E-state index contributed by atoms with van der Waals surface area (Å²) < 4.78 is 28.2. The Morgan fingerprint density at radius 1 is 1.31 bits per heavy atom. The Bertz CT molecular complexity index is 1080. The van der Waals surface area contributed by atoms with Crippen LogP contribution in [-0.4, -0.2) is 40.0 Å². The topological polar surface area (TPSA) is 119 Å². The normalized spacial score (nSPS) is 13.3. The van der Waals surface area contributed by atoms with Crippen LogP contribution < -0.4 is 15.4 Å². The first-order valence-corrected chi connectivity index (χ1v) is 11.5. The van der Waals surface area contributed by atoms with Crippen molar-refractivity contribution in [1.82, 2.24) is 0 Å². The van der Waals surface area contributed by atoms with Crippen molar-refractivity contribution in [2.75, 3.05) is 29.9 Å².